The molecule has 1 rings (SSSR count). The maximum Gasteiger partial charge on any atom is 0.279 e. The van der Waals surface area contributed by atoms with E-state index in [0.717, 1.165) is 18.5 Å². The van der Waals surface area contributed by atoms with Gasteiger partial charge in [-0.05, 0) is 44.6 Å². The van der Waals surface area contributed by atoms with Crippen molar-refractivity contribution in [3.05, 3.63) is 35.6 Å². The Morgan fingerprint density at radius 1 is 1.30 bits per heavy atom. The summed E-state index contributed by atoms with van der Waals surface area (Å²) in [6, 6.07) is 5.37. The quantitative estimate of drug-likeness (QED) is 0.711. The lowest BCUT2D eigenvalue weighted by Gasteiger charge is -2.21. The van der Waals surface area contributed by atoms with Crippen molar-refractivity contribution < 1.29 is 12.8 Å². The van der Waals surface area contributed by atoms with Crippen molar-refractivity contribution in [1.82, 2.24) is 14.3 Å². The molecule has 1 aromatic rings. The Hall–Kier alpha value is -1.02. The van der Waals surface area contributed by atoms with Gasteiger partial charge in [0.05, 0.1) is 0 Å². The van der Waals surface area contributed by atoms with Crippen LogP contribution in [0, 0.1) is 5.82 Å². The molecule has 0 aromatic heterocycles. The molecular weight excluding hydrogens is 281 g/mol. The Bertz CT molecular complexity index is 505. The van der Waals surface area contributed by atoms with Crippen molar-refractivity contribution in [3.63, 3.8) is 0 Å². The average Bonchev–Trinajstić information content (AvgIpc) is 2.39. The highest BCUT2D eigenvalue weighted by molar-refractivity contribution is 7.87. The molecule has 7 heteroatoms. The number of hydrogen-bond acceptors (Lipinski definition) is 3. The van der Waals surface area contributed by atoms with Gasteiger partial charge in [-0.3, -0.25) is 0 Å². The third-order valence-electron chi connectivity index (χ3n) is 3.01. The smallest absolute Gasteiger partial charge is 0.279 e. The van der Waals surface area contributed by atoms with Gasteiger partial charge in [0.2, 0.25) is 0 Å². The molecule has 0 fully saturated rings. The maximum absolute atomic E-state index is 12.8. The fourth-order valence-electron chi connectivity index (χ4n) is 1.73. The van der Waals surface area contributed by atoms with Gasteiger partial charge in [-0.2, -0.15) is 17.4 Å². The zero-order valence-corrected chi connectivity index (χ0v) is 12.9. The minimum absolute atomic E-state index is 0.340. The molecule has 1 unspecified atom stereocenters. The summed E-state index contributed by atoms with van der Waals surface area (Å²) >= 11 is 0. The minimum Gasteiger partial charge on any atom is -0.320 e. The van der Waals surface area contributed by atoms with Crippen LogP contribution in [0.4, 0.5) is 4.39 Å². The third-order valence-corrected chi connectivity index (χ3v) is 4.66. The van der Waals surface area contributed by atoms with Crippen LogP contribution < -0.4 is 10.0 Å². The molecule has 0 aliphatic heterocycles. The van der Waals surface area contributed by atoms with Crippen molar-refractivity contribution in [3.8, 4) is 0 Å². The second kappa shape index (κ2) is 7.68. The van der Waals surface area contributed by atoms with Gasteiger partial charge < -0.3 is 5.32 Å². The lowest BCUT2D eigenvalue weighted by molar-refractivity contribution is 0.441. The van der Waals surface area contributed by atoms with Gasteiger partial charge in [0.1, 0.15) is 5.82 Å². The van der Waals surface area contributed by atoms with E-state index in [1.165, 1.54) is 23.5 Å². The molecule has 1 atom stereocenters. The number of hydrogen-bond donors (Lipinski definition) is 2. The monoisotopic (exact) mass is 303 g/mol. The van der Waals surface area contributed by atoms with E-state index in [2.05, 4.69) is 10.0 Å². The van der Waals surface area contributed by atoms with Crippen molar-refractivity contribution >= 4 is 10.2 Å². The summed E-state index contributed by atoms with van der Waals surface area (Å²) in [6.07, 6.45) is 0.735. The van der Waals surface area contributed by atoms with Crippen molar-refractivity contribution in [1.29, 1.82) is 0 Å². The van der Waals surface area contributed by atoms with E-state index in [1.54, 1.807) is 19.1 Å². The van der Waals surface area contributed by atoms with Crippen LogP contribution in [0.15, 0.2) is 24.3 Å². The summed E-state index contributed by atoms with van der Waals surface area (Å²) < 4.78 is 40.9. The van der Waals surface area contributed by atoms with Crippen LogP contribution in [0.3, 0.4) is 0 Å². The van der Waals surface area contributed by atoms with Gasteiger partial charge in [0, 0.05) is 19.6 Å². The van der Waals surface area contributed by atoms with Gasteiger partial charge in [0.25, 0.3) is 10.2 Å². The van der Waals surface area contributed by atoms with E-state index in [4.69, 9.17) is 0 Å². The Kier molecular flexibility index (Phi) is 6.54. The molecule has 114 valence electrons. The van der Waals surface area contributed by atoms with Crippen LogP contribution in [0.1, 0.15) is 24.9 Å². The van der Waals surface area contributed by atoms with Gasteiger partial charge in [-0.25, -0.2) is 4.39 Å². The Balaban J connectivity index is 2.63. The van der Waals surface area contributed by atoms with E-state index in [0.29, 0.717) is 6.54 Å². The molecule has 2 N–H and O–H groups in total. The van der Waals surface area contributed by atoms with Crippen LogP contribution in [-0.2, 0) is 10.2 Å². The van der Waals surface area contributed by atoms with Crippen LogP contribution in [0.2, 0.25) is 0 Å². The van der Waals surface area contributed by atoms with Crippen molar-refractivity contribution in [2.45, 2.75) is 19.4 Å². The number of rotatable bonds is 8. The van der Waals surface area contributed by atoms with Crippen LogP contribution >= 0.6 is 0 Å². The van der Waals surface area contributed by atoms with Gasteiger partial charge in [0.15, 0.2) is 0 Å². The first-order valence-electron chi connectivity index (χ1n) is 6.50. The Labute approximate surface area is 120 Å². The molecule has 0 saturated heterocycles. The second-order valence-corrected chi connectivity index (χ2v) is 6.48. The number of halogens is 1. The predicted molar refractivity (Wildman–Crippen MR) is 78.0 cm³/mol. The summed E-state index contributed by atoms with van der Waals surface area (Å²) in [4.78, 5) is 0. The van der Waals surface area contributed by atoms with E-state index >= 15 is 0 Å². The first-order valence-corrected chi connectivity index (χ1v) is 7.94. The fourth-order valence-corrected chi connectivity index (χ4v) is 2.86. The zero-order chi connectivity index (χ0) is 15.2. The molecule has 1 aromatic carbocycles. The van der Waals surface area contributed by atoms with Crippen LogP contribution in [0.5, 0.6) is 0 Å². The normalized spacial score (nSPS) is 13.7. The van der Waals surface area contributed by atoms with E-state index in [-0.39, 0.29) is 5.82 Å². The van der Waals surface area contributed by atoms with Gasteiger partial charge >= 0.3 is 0 Å². The molecule has 20 heavy (non-hydrogen) atoms. The topological polar surface area (TPSA) is 61.4 Å². The zero-order valence-electron chi connectivity index (χ0n) is 12.1. The highest BCUT2D eigenvalue weighted by Crippen LogP contribution is 2.14. The van der Waals surface area contributed by atoms with E-state index in [1.807, 2.05) is 7.05 Å². The average molecular weight is 303 g/mol. The SMILES string of the molecule is CNCCCN(C)S(=O)(=O)NC(C)c1ccc(F)cc1. The number of nitrogens with zero attached hydrogens (tertiary/aromatic N) is 1. The van der Waals surface area contributed by atoms with Crippen LogP contribution in [0.25, 0.3) is 0 Å². The Morgan fingerprint density at radius 3 is 2.45 bits per heavy atom. The van der Waals surface area contributed by atoms with E-state index < -0.39 is 16.3 Å². The summed E-state index contributed by atoms with van der Waals surface area (Å²) in [6.45, 7) is 2.92. The fraction of sp³-hybridized carbons (Fsp3) is 0.538. The minimum atomic E-state index is -3.54. The summed E-state index contributed by atoms with van der Waals surface area (Å²) in [7, 11) is -0.177. The molecular formula is C13H22FN3O2S. The molecule has 0 radical (unpaired) electrons. The highest BCUT2D eigenvalue weighted by Gasteiger charge is 2.20. The predicted octanol–water partition coefficient (Wildman–Crippen LogP) is 1.26. The first kappa shape index (κ1) is 17.0. The molecule has 0 saturated carbocycles. The van der Waals surface area contributed by atoms with Crippen molar-refractivity contribution in [2.24, 2.45) is 0 Å². The van der Waals surface area contributed by atoms with Crippen molar-refractivity contribution in [2.75, 3.05) is 27.2 Å². The summed E-state index contributed by atoms with van der Waals surface area (Å²) in [5.74, 6) is -0.340. The first-order chi connectivity index (χ1) is 9.36. The summed E-state index contributed by atoms with van der Waals surface area (Å²) in [5.41, 5.74) is 0.721. The Morgan fingerprint density at radius 2 is 1.90 bits per heavy atom. The van der Waals surface area contributed by atoms with Gasteiger partial charge in [-0.1, -0.05) is 12.1 Å². The standard InChI is InChI=1S/C13H22FN3O2S/c1-11(12-5-7-13(14)8-6-12)16-20(18,19)17(3)10-4-9-15-2/h5-8,11,15-16H,4,9-10H2,1-3H3. The third kappa shape index (κ3) is 5.16. The largest absolute Gasteiger partial charge is 0.320 e. The lowest BCUT2D eigenvalue weighted by Crippen LogP contribution is -2.40. The lowest BCUT2D eigenvalue weighted by atomic mass is 10.1. The number of nitrogens with one attached hydrogen (secondary N) is 2. The molecule has 5 nitrogen and oxygen atoms in total. The molecule has 0 heterocycles. The molecule has 0 aliphatic carbocycles. The molecule has 0 bridgehead atoms. The summed E-state index contributed by atoms with van der Waals surface area (Å²) in [5, 5.41) is 2.97. The van der Waals surface area contributed by atoms with E-state index in [9.17, 15) is 12.8 Å². The molecule has 0 aliphatic rings. The van der Waals surface area contributed by atoms with Gasteiger partial charge in [-0.15, -0.1) is 0 Å². The maximum atomic E-state index is 12.8. The number of benzene rings is 1. The second-order valence-electron chi connectivity index (χ2n) is 4.67. The molecule has 0 spiro atoms. The molecule has 0 amide bonds. The highest BCUT2D eigenvalue weighted by atomic mass is 32.2. The van der Waals surface area contributed by atoms with Crippen LogP contribution in [-0.4, -0.2) is 39.9 Å².